The van der Waals surface area contributed by atoms with E-state index in [0.717, 1.165) is 38.3 Å². The van der Waals surface area contributed by atoms with Gasteiger partial charge in [-0.1, -0.05) is 24.3 Å². The molecular formula is C24H29FN6O2. The van der Waals surface area contributed by atoms with Gasteiger partial charge < -0.3 is 16.0 Å². The van der Waals surface area contributed by atoms with Crippen LogP contribution in [0.5, 0.6) is 0 Å². The summed E-state index contributed by atoms with van der Waals surface area (Å²) in [6.07, 6.45) is 0.0997. The predicted molar refractivity (Wildman–Crippen MR) is 125 cm³/mol. The summed E-state index contributed by atoms with van der Waals surface area (Å²) in [7, 11) is 2.14. The van der Waals surface area contributed by atoms with E-state index in [1.54, 1.807) is 0 Å². The first-order valence-corrected chi connectivity index (χ1v) is 11.1. The molecule has 8 nitrogen and oxygen atoms in total. The number of hydrogen-bond donors (Lipinski definition) is 2. The van der Waals surface area contributed by atoms with Crippen molar-refractivity contribution in [2.45, 2.75) is 25.6 Å². The smallest absolute Gasteiger partial charge is 0.267 e. The molecule has 2 aliphatic rings. The zero-order valence-corrected chi connectivity index (χ0v) is 18.7. The summed E-state index contributed by atoms with van der Waals surface area (Å²) in [4.78, 5) is 29.3. The van der Waals surface area contributed by atoms with Crippen molar-refractivity contribution in [2.24, 2.45) is 10.8 Å². The minimum Gasteiger partial charge on any atom is -0.368 e. The molecule has 1 saturated heterocycles. The maximum atomic E-state index is 13.2. The molecule has 0 spiro atoms. The second-order valence-electron chi connectivity index (χ2n) is 8.57. The van der Waals surface area contributed by atoms with E-state index in [4.69, 9.17) is 5.73 Å². The molecule has 2 heterocycles. The lowest BCUT2D eigenvalue weighted by molar-refractivity contribution is -0.119. The number of likely N-dealkylation sites (N-methyl/N-ethyl adjacent to an activating group) is 1. The number of anilines is 1. The zero-order valence-electron chi connectivity index (χ0n) is 18.7. The zero-order chi connectivity index (χ0) is 23.4. The van der Waals surface area contributed by atoms with Gasteiger partial charge in [0.15, 0.2) is 0 Å². The highest BCUT2D eigenvalue weighted by molar-refractivity contribution is 6.40. The lowest BCUT2D eigenvalue weighted by atomic mass is 10.1. The summed E-state index contributed by atoms with van der Waals surface area (Å²) in [5, 5.41) is 8.53. The SMILES string of the molecule is CN1CCN(Cc2ccc(CNC(=O)C3=NN(c4ccc(F)cc4)C(C(N)=O)C3)cc2)CC1. The van der Waals surface area contributed by atoms with Crippen molar-refractivity contribution in [3.63, 3.8) is 0 Å². The number of rotatable bonds is 7. The van der Waals surface area contributed by atoms with Crippen molar-refractivity contribution in [1.29, 1.82) is 0 Å². The Kier molecular flexibility index (Phi) is 7.00. The molecule has 0 radical (unpaired) electrons. The third kappa shape index (κ3) is 5.74. The molecular weight excluding hydrogens is 423 g/mol. The van der Waals surface area contributed by atoms with Crippen molar-refractivity contribution in [2.75, 3.05) is 38.2 Å². The summed E-state index contributed by atoms with van der Waals surface area (Å²) in [6, 6.07) is 13.0. The average Bonchev–Trinajstić information content (AvgIpc) is 3.26. The van der Waals surface area contributed by atoms with Crippen LogP contribution in [0.15, 0.2) is 53.6 Å². The predicted octanol–water partition coefficient (Wildman–Crippen LogP) is 1.31. The summed E-state index contributed by atoms with van der Waals surface area (Å²) in [5.41, 5.74) is 8.44. The molecule has 1 atom stereocenters. The van der Waals surface area contributed by atoms with Crippen LogP contribution in [-0.4, -0.2) is 66.6 Å². The second-order valence-corrected chi connectivity index (χ2v) is 8.57. The van der Waals surface area contributed by atoms with E-state index in [1.807, 2.05) is 12.1 Å². The largest absolute Gasteiger partial charge is 0.368 e. The van der Waals surface area contributed by atoms with Gasteiger partial charge in [0.25, 0.3) is 5.91 Å². The van der Waals surface area contributed by atoms with Crippen LogP contribution < -0.4 is 16.1 Å². The van der Waals surface area contributed by atoms with Gasteiger partial charge in [-0.25, -0.2) is 4.39 Å². The number of benzene rings is 2. The lowest BCUT2D eigenvalue weighted by Gasteiger charge is -2.32. The fourth-order valence-electron chi connectivity index (χ4n) is 4.01. The van der Waals surface area contributed by atoms with Crippen molar-refractivity contribution in [1.82, 2.24) is 15.1 Å². The quantitative estimate of drug-likeness (QED) is 0.661. The summed E-state index contributed by atoms with van der Waals surface area (Å²) in [5.74, 6) is -1.35. The average molecular weight is 453 g/mol. The molecule has 1 unspecified atom stereocenters. The molecule has 1 fully saturated rings. The second kappa shape index (κ2) is 10.1. The van der Waals surface area contributed by atoms with Crippen LogP contribution in [0.3, 0.4) is 0 Å². The molecule has 0 aliphatic carbocycles. The van der Waals surface area contributed by atoms with Gasteiger partial charge in [-0.3, -0.25) is 19.5 Å². The highest BCUT2D eigenvalue weighted by atomic mass is 19.1. The molecule has 2 amide bonds. The fourth-order valence-corrected chi connectivity index (χ4v) is 4.01. The van der Waals surface area contributed by atoms with Gasteiger partial charge in [-0.2, -0.15) is 5.10 Å². The van der Waals surface area contributed by atoms with Crippen molar-refractivity contribution in [3.8, 4) is 0 Å². The summed E-state index contributed by atoms with van der Waals surface area (Å²) >= 11 is 0. The minimum atomic E-state index is -0.787. The minimum absolute atomic E-state index is 0.0997. The molecule has 0 aromatic heterocycles. The van der Waals surface area contributed by atoms with Crippen molar-refractivity contribution < 1.29 is 14.0 Å². The van der Waals surface area contributed by atoms with Gasteiger partial charge in [0, 0.05) is 45.7 Å². The van der Waals surface area contributed by atoms with Crippen LogP contribution in [0.4, 0.5) is 10.1 Å². The van der Waals surface area contributed by atoms with Crippen LogP contribution >= 0.6 is 0 Å². The monoisotopic (exact) mass is 452 g/mol. The van der Waals surface area contributed by atoms with Crippen LogP contribution in [0.2, 0.25) is 0 Å². The number of primary amides is 1. The van der Waals surface area contributed by atoms with Crippen molar-refractivity contribution in [3.05, 3.63) is 65.5 Å². The summed E-state index contributed by atoms with van der Waals surface area (Å²) < 4.78 is 13.2. The molecule has 9 heteroatoms. The maximum Gasteiger partial charge on any atom is 0.267 e. The van der Waals surface area contributed by atoms with E-state index in [1.165, 1.54) is 34.8 Å². The standard InChI is InChI=1S/C24H29FN6O2/c1-29-10-12-30(13-11-29)16-18-4-2-17(3-5-18)15-27-24(33)21-14-22(23(26)32)31(28-21)20-8-6-19(25)7-9-20/h2-9,22H,10-16H2,1H3,(H2,26,32)(H,27,33). The third-order valence-corrected chi connectivity index (χ3v) is 6.07. The number of carbonyl (C=O) groups excluding carboxylic acids is 2. The Hall–Kier alpha value is -3.30. The number of piperazine rings is 1. The molecule has 2 aromatic rings. The number of nitrogens with two attached hydrogens (primary N) is 1. The van der Waals surface area contributed by atoms with Crippen LogP contribution in [0, 0.1) is 5.82 Å². The van der Waals surface area contributed by atoms with Gasteiger partial charge in [0.05, 0.1) is 5.69 Å². The number of halogens is 1. The van der Waals surface area contributed by atoms with Gasteiger partial charge in [0.2, 0.25) is 5.91 Å². The van der Waals surface area contributed by atoms with Gasteiger partial charge in [0.1, 0.15) is 17.6 Å². The van der Waals surface area contributed by atoms with Gasteiger partial charge >= 0.3 is 0 Å². The Balaban J connectivity index is 1.33. The van der Waals surface area contributed by atoms with E-state index < -0.39 is 17.8 Å². The maximum absolute atomic E-state index is 13.2. The fraction of sp³-hybridized carbons (Fsp3) is 0.375. The molecule has 0 bridgehead atoms. The van der Waals surface area contributed by atoms with Crippen LogP contribution in [-0.2, 0) is 22.7 Å². The van der Waals surface area contributed by atoms with Crippen LogP contribution in [0.1, 0.15) is 17.5 Å². The molecule has 2 aromatic carbocycles. The Morgan fingerprint density at radius 3 is 2.30 bits per heavy atom. The van der Waals surface area contributed by atoms with E-state index in [2.05, 4.69) is 39.4 Å². The topological polar surface area (TPSA) is 94.3 Å². The first kappa shape index (κ1) is 22.9. The molecule has 33 heavy (non-hydrogen) atoms. The van der Waals surface area contributed by atoms with Gasteiger partial charge in [-0.05, 0) is 42.4 Å². The first-order chi connectivity index (χ1) is 15.9. The Morgan fingerprint density at radius 2 is 1.67 bits per heavy atom. The number of nitrogens with zero attached hydrogens (tertiary/aromatic N) is 4. The third-order valence-electron chi connectivity index (χ3n) is 6.07. The molecule has 3 N–H and O–H groups in total. The van der Waals surface area contributed by atoms with Gasteiger partial charge in [-0.15, -0.1) is 0 Å². The normalized spacial score (nSPS) is 19.4. The first-order valence-electron chi connectivity index (χ1n) is 11.1. The number of amides is 2. The van der Waals surface area contributed by atoms with Crippen molar-refractivity contribution >= 4 is 23.2 Å². The highest BCUT2D eigenvalue weighted by Gasteiger charge is 2.34. The number of hydrogen-bond acceptors (Lipinski definition) is 6. The Morgan fingerprint density at radius 1 is 1.03 bits per heavy atom. The number of nitrogens with one attached hydrogen (secondary N) is 1. The Labute approximate surface area is 192 Å². The van der Waals surface area contributed by atoms with Crippen LogP contribution in [0.25, 0.3) is 0 Å². The summed E-state index contributed by atoms with van der Waals surface area (Å²) in [6.45, 7) is 5.58. The molecule has 4 rings (SSSR count). The molecule has 2 aliphatic heterocycles. The Bertz CT molecular complexity index is 1020. The molecule has 174 valence electrons. The number of carbonyl (C=O) groups is 2. The lowest BCUT2D eigenvalue weighted by Crippen LogP contribution is -2.43. The van der Waals surface area contributed by atoms with E-state index in [0.29, 0.717) is 12.2 Å². The molecule has 0 saturated carbocycles. The number of hydrazone groups is 1. The van der Waals surface area contributed by atoms with E-state index >= 15 is 0 Å². The van der Waals surface area contributed by atoms with E-state index in [9.17, 15) is 14.0 Å². The highest BCUT2D eigenvalue weighted by Crippen LogP contribution is 2.25. The van der Waals surface area contributed by atoms with E-state index in [-0.39, 0.29) is 18.0 Å².